The van der Waals surface area contributed by atoms with Gasteiger partial charge in [-0.05, 0) is 38.0 Å². The molecule has 0 spiro atoms. The molecule has 1 amide bonds. The number of carbonyl (C=O) groups excluding carboxylic acids is 2. The lowest BCUT2D eigenvalue weighted by Crippen LogP contribution is -2.35. The highest BCUT2D eigenvalue weighted by atomic mass is 16.5. The van der Waals surface area contributed by atoms with Crippen LogP contribution in [0.1, 0.15) is 35.4 Å². The van der Waals surface area contributed by atoms with Crippen LogP contribution in [0.5, 0.6) is 0 Å². The fraction of sp³-hybridized carbons (Fsp3) is 0.333. The number of anilines is 1. The third kappa shape index (κ3) is 3.76. The number of aromatic nitrogens is 1. The maximum Gasteiger partial charge on any atom is 0.354 e. The highest BCUT2D eigenvalue weighted by molar-refractivity contribution is 6.38. The van der Waals surface area contributed by atoms with Crippen LogP contribution in [0.15, 0.2) is 33.9 Å². The molecule has 0 atom stereocenters. The van der Waals surface area contributed by atoms with Crippen LogP contribution in [0.25, 0.3) is 0 Å². The SMILES string of the molecule is Cc1ccc(C)c(N2N=C(C(=O)OCc3cc(C)no3)CCC2=O)c1. The van der Waals surface area contributed by atoms with Crippen molar-refractivity contribution in [1.82, 2.24) is 5.16 Å². The average Bonchev–Trinajstić information content (AvgIpc) is 3.01. The van der Waals surface area contributed by atoms with Gasteiger partial charge in [-0.25, -0.2) is 4.79 Å². The number of hydrazone groups is 1. The number of hydrogen-bond acceptors (Lipinski definition) is 6. The molecule has 2 aromatic rings. The second-order valence-electron chi connectivity index (χ2n) is 6.05. The lowest BCUT2D eigenvalue weighted by atomic mass is 10.1. The average molecular weight is 341 g/mol. The number of rotatable bonds is 4. The summed E-state index contributed by atoms with van der Waals surface area (Å²) >= 11 is 0. The molecule has 7 heteroatoms. The molecule has 0 fully saturated rings. The highest BCUT2D eigenvalue weighted by Crippen LogP contribution is 2.25. The predicted octanol–water partition coefficient (Wildman–Crippen LogP) is 2.83. The molecule has 1 aromatic heterocycles. The van der Waals surface area contributed by atoms with Gasteiger partial charge in [-0.2, -0.15) is 10.1 Å². The molecule has 2 heterocycles. The first-order valence-corrected chi connectivity index (χ1v) is 8.01. The Balaban J connectivity index is 1.78. The Morgan fingerprint density at radius 3 is 2.76 bits per heavy atom. The van der Waals surface area contributed by atoms with Gasteiger partial charge in [0.15, 0.2) is 12.4 Å². The van der Waals surface area contributed by atoms with Crippen LogP contribution < -0.4 is 5.01 Å². The van der Waals surface area contributed by atoms with Gasteiger partial charge in [0.1, 0.15) is 5.71 Å². The van der Waals surface area contributed by atoms with E-state index in [1.54, 1.807) is 13.0 Å². The normalized spacial score (nSPS) is 14.4. The number of aryl methyl sites for hydroxylation is 3. The van der Waals surface area contributed by atoms with E-state index in [0.29, 0.717) is 17.1 Å². The number of carbonyl (C=O) groups is 2. The fourth-order valence-corrected chi connectivity index (χ4v) is 2.54. The quantitative estimate of drug-likeness (QED) is 0.798. The van der Waals surface area contributed by atoms with Crippen molar-refractivity contribution in [2.45, 2.75) is 40.2 Å². The summed E-state index contributed by atoms with van der Waals surface area (Å²) in [6.07, 6.45) is 0.469. The summed E-state index contributed by atoms with van der Waals surface area (Å²) in [5.74, 6) is -0.238. The van der Waals surface area contributed by atoms with Crippen molar-refractivity contribution in [3.05, 3.63) is 46.8 Å². The summed E-state index contributed by atoms with van der Waals surface area (Å²) in [4.78, 5) is 24.5. The van der Waals surface area contributed by atoms with Gasteiger partial charge in [-0.15, -0.1) is 0 Å². The molecule has 1 aromatic carbocycles. The van der Waals surface area contributed by atoms with Crippen molar-refractivity contribution in [2.75, 3.05) is 5.01 Å². The first kappa shape index (κ1) is 16.9. The molecule has 7 nitrogen and oxygen atoms in total. The van der Waals surface area contributed by atoms with Crippen LogP contribution in [0.4, 0.5) is 5.69 Å². The number of hydrogen-bond donors (Lipinski definition) is 0. The second kappa shape index (κ2) is 6.88. The lowest BCUT2D eigenvalue weighted by molar-refractivity contribution is -0.137. The van der Waals surface area contributed by atoms with Crippen LogP contribution >= 0.6 is 0 Å². The minimum Gasteiger partial charge on any atom is -0.453 e. The van der Waals surface area contributed by atoms with Crippen LogP contribution in [-0.4, -0.2) is 22.7 Å². The van der Waals surface area contributed by atoms with E-state index in [0.717, 1.165) is 11.1 Å². The van der Waals surface area contributed by atoms with Crippen molar-refractivity contribution in [3.8, 4) is 0 Å². The molecule has 130 valence electrons. The van der Waals surface area contributed by atoms with E-state index in [2.05, 4.69) is 10.3 Å². The van der Waals surface area contributed by atoms with Gasteiger partial charge in [0.25, 0.3) is 0 Å². The zero-order valence-corrected chi connectivity index (χ0v) is 14.4. The van der Waals surface area contributed by atoms with E-state index < -0.39 is 5.97 Å². The summed E-state index contributed by atoms with van der Waals surface area (Å²) in [7, 11) is 0. The standard InChI is InChI=1S/C18H19N3O4/c1-11-4-5-12(2)16(8-11)21-17(22)7-6-15(19-21)18(23)24-10-14-9-13(3)20-25-14/h4-5,8-9H,6-7,10H2,1-3H3. The van der Waals surface area contributed by atoms with E-state index >= 15 is 0 Å². The molecule has 1 aliphatic heterocycles. The minimum atomic E-state index is -0.558. The fourth-order valence-electron chi connectivity index (χ4n) is 2.54. The Hall–Kier alpha value is -2.96. The Bertz CT molecular complexity index is 854. The highest BCUT2D eigenvalue weighted by Gasteiger charge is 2.27. The molecule has 0 unspecified atom stereocenters. The molecule has 0 saturated heterocycles. The van der Waals surface area contributed by atoms with Crippen molar-refractivity contribution >= 4 is 23.3 Å². The number of ether oxygens (including phenoxy) is 1. The van der Waals surface area contributed by atoms with Gasteiger partial charge in [0.2, 0.25) is 5.91 Å². The number of benzene rings is 1. The molecular formula is C18H19N3O4. The summed E-state index contributed by atoms with van der Waals surface area (Å²) in [5, 5.41) is 9.26. The van der Waals surface area contributed by atoms with Crippen LogP contribution in [0.2, 0.25) is 0 Å². The number of esters is 1. The lowest BCUT2D eigenvalue weighted by Gasteiger charge is -2.24. The Morgan fingerprint density at radius 1 is 1.24 bits per heavy atom. The van der Waals surface area contributed by atoms with Crippen LogP contribution in [0, 0.1) is 20.8 Å². The van der Waals surface area contributed by atoms with Crippen molar-refractivity contribution < 1.29 is 18.8 Å². The number of nitrogens with zero attached hydrogens (tertiary/aromatic N) is 3. The number of amides is 1. The van der Waals surface area contributed by atoms with E-state index in [4.69, 9.17) is 9.26 Å². The van der Waals surface area contributed by atoms with Crippen molar-refractivity contribution in [1.29, 1.82) is 0 Å². The maximum atomic E-state index is 12.3. The smallest absolute Gasteiger partial charge is 0.354 e. The van der Waals surface area contributed by atoms with E-state index in [-0.39, 0.29) is 31.1 Å². The zero-order chi connectivity index (χ0) is 18.0. The Morgan fingerprint density at radius 2 is 2.04 bits per heavy atom. The van der Waals surface area contributed by atoms with Crippen molar-refractivity contribution in [3.63, 3.8) is 0 Å². The molecule has 0 aliphatic carbocycles. The van der Waals surface area contributed by atoms with Gasteiger partial charge in [0.05, 0.1) is 11.4 Å². The van der Waals surface area contributed by atoms with Gasteiger partial charge < -0.3 is 9.26 Å². The molecule has 25 heavy (non-hydrogen) atoms. The largest absolute Gasteiger partial charge is 0.453 e. The monoisotopic (exact) mass is 341 g/mol. The third-order valence-corrected chi connectivity index (χ3v) is 3.88. The maximum absolute atomic E-state index is 12.3. The molecule has 0 radical (unpaired) electrons. The zero-order valence-electron chi connectivity index (χ0n) is 14.4. The Kier molecular flexibility index (Phi) is 4.65. The molecule has 3 rings (SSSR count). The summed E-state index contributed by atoms with van der Waals surface area (Å²) in [5.41, 5.74) is 3.54. The molecular weight excluding hydrogens is 322 g/mol. The summed E-state index contributed by atoms with van der Waals surface area (Å²) in [6, 6.07) is 7.46. The molecule has 0 N–H and O–H groups in total. The van der Waals surface area contributed by atoms with E-state index in [1.165, 1.54) is 5.01 Å². The van der Waals surface area contributed by atoms with Crippen LogP contribution in [0.3, 0.4) is 0 Å². The third-order valence-electron chi connectivity index (χ3n) is 3.88. The van der Waals surface area contributed by atoms with Gasteiger partial charge in [-0.3, -0.25) is 4.79 Å². The first-order valence-electron chi connectivity index (χ1n) is 8.01. The van der Waals surface area contributed by atoms with E-state index in [1.807, 2.05) is 32.0 Å². The first-order chi connectivity index (χ1) is 11.9. The van der Waals surface area contributed by atoms with E-state index in [9.17, 15) is 9.59 Å². The van der Waals surface area contributed by atoms with Crippen molar-refractivity contribution in [2.24, 2.45) is 5.10 Å². The topological polar surface area (TPSA) is 85.0 Å². The second-order valence-corrected chi connectivity index (χ2v) is 6.05. The predicted molar refractivity (Wildman–Crippen MR) is 91.1 cm³/mol. The Labute approximate surface area is 145 Å². The van der Waals surface area contributed by atoms with Gasteiger partial charge >= 0.3 is 5.97 Å². The minimum absolute atomic E-state index is 0.0177. The molecule has 0 saturated carbocycles. The summed E-state index contributed by atoms with van der Waals surface area (Å²) in [6.45, 7) is 5.61. The van der Waals surface area contributed by atoms with Gasteiger partial charge in [0, 0.05) is 18.9 Å². The molecule has 1 aliphatic rings. The summed E-state index contributed by atoms with van der Waals surface area (Å²) < 4.78 is 10.2. The van der Waals surface area contributed by atoms with Crippen LogP contribution in [-0.2, 0) is 20.9 Å². The molecule has 0 bridgehead atoms. The van der Waals surface area contributed by atoms with Gasteiger partial charge in [-0.1, -0.05) is 17.3 Å².